The molecule has 0 radical (unpaired) electrons. The van der Waals surface area contributed by atoms with Crippen molar-refractivity contribution in [2.75, 3.05) is 0 Å². The lowest BCUT2D eigenvalue weighted by Crippen LogP contribution is -2.45. The molecule has 5 N–H and O–H groups in total. The van der Waals surface area contributed by atoms with Gasteiger partial charge in [-0.15, -0.1) is 0 Å². The highest BCUT2D eigenvalue weighted by atomic mass is 31.2. The molecule has 0 amide bonds. The smallest absolute Gasteiger partial charge is 0.358 e. The predicted octanol–water partition coefficient (Wildman–Crippen LogP) is -0.390. The van der Waals surface area contributed by atoms with Gasteiger partial charge in [0.15, 0.2) is 5.34 Å². The molecule has 68 valence electrons. The van der Waals surface area contributed by atoms with Gasteiger partial charge in [0.25, 0.3) is 0 Å². The zero-order valence-electron chi connectivity index (χ0n) is 6.56. The highest BCUT2D eigenvalue weighted by Crippen LogP contribution is 2.51. The van der Waals surface area contributed by atoms with Crippen molar-refractivity contribution >= 4 is 7.60 Å². The third kappa shape index (κ3) is 2.01. The molecule has 0 bridgehead atoms. The van der Waals surface area contributed by atoms with Crippen LogP contribution >= 0.6 is 7.60 Å². The van der Waals surface area contributed by atoms with Crippen LogP contribution in [0.1, 0.15) is 20.3 Å². The summed E-state index contributed by atoms with van der Waals surface area (Å²) in [6.07, 6.45) is -0.0606. The molecular weight excluding hydrogens is 169 g/mol. The van der Waals surface area contributed by atoms with Crippen LogP contribution in [0.4, 0.5) is 0 Å². The Bertz CT molecular complexity index is 177. The molecule has 0 aliphatic heterocycles. The number of nitrogens with two attached hydrogens (primary N) is 1. The minimum atomic E-state index is -4.51. The van der Waals surface area contributed by atoms with Gasteiger partial charge in [-0.1, -0.05) is 6.92 Å². The SMILES string of the molecule is CCC(O)(C(C)N)P(=O)(O)O. The molecule has 0 saturated carbocycles. The van der Waals surface area contributed by atoms with Crippen molar-refractivity contribution < 1.29 is 19.5 Å². The standard InChI is InChI=1S/C5H14NO4P/c1-3-5(7,4(2)6)11(8,9)10/h4,7H,3,6H2,1-2H3,(H2,8,9,10). The first-order chi connectivity index (χ1) is 4.75. The molecule has 2 unspecified atom stereocenters. The highest BCUT2D eigenvalue weighted by molar-refractivity contribution is 7.53. The van der Waals surface area contributed by atoms with Crippen molar-refractivity contribution in [1.29, 1.82) is 0 Å². The van der Waals surface area contributed by atoms with Crippen LogP contribution in [0, 0.1) is 0 Å². The second-order valence-corrected chi connectivity index (χ2v) is 4.43. The lowest BCUT2D eigenvalue weighted by Gasteiger charge is -2.30. The minimum absolute atomic E-state index is 0.0606. The summed E-state index contributed by atoms with van der Waals surface area (Å²) in [6.45, 7) is 2.84. The maximum absolute atomic E-state index is 10.7. The summed E-state index contributed by atoms with van der Waals surface area (Å²) in [4.78, 5) is 17.4. The van der Waals surface area contributed by atoms with Crippen molar-refractivity contribution in [3.8, 4) is 0 Å². The zero-order valence-corrected chi connectivity index (χ0v) is 7.45. The zero-order chi connectivity index (χ0) is 9.28. The molecule has 0 spiro atoms. The van der Waals surface area contributed by atoms with Gasteiger partial charge >= 0.3 is 7.60 Å². The molecule has 0 rings (SSSR count). The van der Waals surface area contributed by atoms with Gasteiger partial charge in [-0.3, -0.25) is 4.57 Å². The fourth-order valence-corrected chi connectivity index (χ4v) is 1.74. The Morgan fingerprint density at radius 2 is 2.00 bits per heavy atom. The third-order valence-corrected chi connectivity index (χ3v) is 3.49. The molecule has 5 nitrogen and oxygen atoms in total. The maximum atomic E-state index is 10.7. The van der Waals surface area contributed by atoms with Gasteiger partial charge in [0, 0.05) is 6.04 Å². The average Bonchev–Trinajstić information content (AvgIpc) is 1.83. The fourth-order valence-electron chi connectivity index (χ4n) is 0.793. The molecule has 0 saturated heterocycles. The van der Waals surface area contributed by atoms with E-state index >= 15 is 0 Å². The molecule has 6 heteroatoms. The van der Waals surface area contributed by atoms with Gasteiger partial charge in [-0.05, 0) is 13.3 Å². The van der Waals surface area contributed by atoms with E-state index in [0.29, 0.717) is 0 Å². The van der Waals surface area contributed by atoms with E-state index in [4.69, 9.17) is 15.5 Å². The Kier molecular flexibility index (Phi) is 3.23. The molecule has 11 heavy (non-hydrogen) atoms. The Balaban J connectivity index is 4.76. The number of aliphatic hydroxyl groups is 1. The average molecular weight is 183 g/mol. The van der Waals surface area contributed by atoms with Crippen molar-refractivity contribution in [1.82, 2.24) is 0 Å². The van der Waals surface area contributed by atoms with Crippen molar-refractivity contribution in [3.05, 3.63) is 0 Å². The quantitative estimate of drug-likeness (QED) is 0.446. The van der Waals surface area contributed by atoms with E-state index in [2.05, 4.69) is 0 Å². The summed E-state index contributed by atoms with van der Waals surface area (Å²) in [5, 5.41) is 7.27. The van der Waals surface area contributed by atoms with E-state index in [0.717, 1.165) is 0 Å². The molecule has 0 fully saturated rings. The fraction of sp³-hybridized carbons (Fsp3) is 1.00. The highest BCUT2D eigenvalue weighted by Gasteiger charge is 2.46. The van der Waals surface area contributed by atoms with Crippen molar-refractivity contribution in [3.63, 3.8) is 0 Å². The molecule has 0 aromatic rings. The van der Waals surface area contributed by atoms with Gasteiger partial charge in [0.2, 0.25) is 0 Å². The van der Waals surface area contributed by atoms with Crippen molar-refractivity contribution in [2.45, 2.75) is 31.7 Å². The Morgan fingerprint density at radius 3 is 2.00 bits per heavy atom. The number of hydrogen-bond acceptors (Lipinski definition) is 3. The molecule has 0 aromatic carbocycles. The first-order valence-corrected chi connectivity index (χ1v) is 4.90. The van der Waals surface area contributed by atoms with E-state index < -0.39 is 19.0 Å². The summed E-state index contributed by atoms with van der Waals surface area (Å²) < 4.78 is 10.7. The minimum Gasteiger partial charge on any atom is -0.376 e. The van der Waals surface area contributed by atoms with Crippen molar-refractivity contribution in [2.24, 2.45) is 5.73 Å². The van der Waals surface area contributed by atoms with Gasteiger partial charge in [-0.25, -0.2) is 0 Å². The summed E-state index contributed by atoms with van der Waals surface area (Å²) in [5.41, 5.74) is 5.23. The van der Waals surface area contributed by atoms with Gasteiger partial charge in [0.1, 0.15) is 0 Å². The monoisotopic (exact) mass is 183 g/mol. The van der Waals surface area contributed by atoms with E-state index in [9.17, 15) is 9.67 Å². The number of rotatable bonds is 3. The Labute approximate surface area is 65.4 Å². The van der Waals surface area contributed by atoms with Gasteiger partial charge in [-0.2, -0.15) is 0 Å². The summed E-state index contributed by atoms with van der Waals surface area (Å²) in [7, 11) is -4.51. The third-order valence-electron chi connectivity index (χ3n) is 1.75. The molecule has 2 atom stereocenters. The lowest BCUT2D eigenvalue weighted by molar-refractivity contribution is 0.0674. The first-order valence-electron chi connectivity index (χ1n) is 3.29. The lowest BCUT2D eigenvalue weighted by atomic mass is 10.1. The van der Waals surface area contributed by atoms with Crippen LogP contribution in [0.2, 0.25) is 0 Å². The normalized spacial score (nSPS) is 20.9. The van der Waals surface area contributed by atoms with Crippen LogP contribution < -0.4 is 5.73 Å². The Hall–Kier alpha value is 0.0700. The van der Waals surface area contributed by atoms with Crippen LogP contribution in [0.25, 0.3) is 0 Å². The van der Waals surface area contributed by atoms with Crippen LogP contribution in [-0.2, 0) is 4.57 Å². The molecular formula is C5H14NO4P. The van der Waals surface area contributed by atoms with Crippen LogP contribution in [0.5, 0.6) is 0 Å². The second-order valence-electron chi connectivity index (χ2n) is 2.56. The van der Waals surface area contributed by atoms with Crippen LogP contribution in [-0.4, -0.2) is 26.3 Å². The molecule has 0 aromatic heterocycles. The van der Waals surface area contributed by atoms with Gasteiger partial charge in [0.05, 0.1) is 0 Å². The summed E-state index contributed by atoms with van der Waals surface area (Å²) in [6, 6.07) is -0.937. The van der Waals surface area contributed by atoms with Crippen LogP contribution in [0.15, 0.2) is 0 Å². The van der Waals surface area contributed by atoms with E-state index in [-0.39, 0.29) is 6.42 Å². The van der Waals surface area contributed by atoms with Gasteiger partial charge < -0.3 is 20.6 Å². The summed E-state index contributed by atoms with van der Waals surface area (Å²) >= 11 is 0. The van der Waals surface area contributed by atoms with E-state index in [1.165, 1.54) is 13.8 Å². The Morgan fingerprint density at radius 1 is 1.64 bits per heavy atom. The maximum Gasteiger partial charge on any atom is 0.358 e. The molecule has 0 heterocycles. The molecule has 0 aliphatic rings. The van der Waals surface area contributed by atoms with E-state index in [1.54, 1.807) is 0 Å². The van der Waals surface area contributed by atoms with Crippen LogP contribution in [0.3, 0.4) is 0 Å². The van der Waals surface area contributed by atoms with E-state index in [1.807, 2.05) is 0 Å². The predicted molar refractivity (Wildman–Crippen MR) is 40.9 cm³/mol. The largest absolute Gasteiger partial charge is 0.376 e. The number of hydrogen-bond donors (Lipinski definition) is 4. The molecule has 0 aliphatic carbocycles. The topological polar surface area (TPSA) is 104 Å². The second kappa shape index (κ2) is 3.21. The first kappa shape index (κ1) is 11.1. The summed E-state index contributed by atoms with van der Waals surface area (Å²) in [5.74, 6) is 0.